The number of hydrogen-bond acceptors (Lipinski definition) is 4. The van der Waals surface area contributed by atoms with E-state index in [2.05, 4.69) is 22.5 Å². The first-order valence-electron chi connectivity index (χ1n) is 7.57. The molecule has 1 aliphatic rings. The molecule has 0 amide bonds. The number of rotatable bonds is 5. The summed E-state index contributed by atoms with van der Waals surface area (Å²) in [6.07, 6.45) is 9.08. The molecule has 0 radical (unpaired) electrons. The molecule has 114 valence electrons. The molecule has 2 aromatic rings. The molecular weight excluding hydrogens is 278 g/mol. The number of aromatic nitrogens is 3. The number of allylic oxidation sites excluding steroid dienone is 2. The van der Waals surface area contributed by atoms with Gasteiger partial charge in [0.05, 0.1) is 19.3 Å². The van der Waals surface area contributed by atoms with Gasteiger partial charge >= 0.3 is 5.97 Å². The van der Waals surface area contributed by atoms with E-state index in [4.69, 9.17) is 4.74 Å². The molecule has 0 saturated carbocycles. The van der Waals surface area contributed by atoms with Crippen molar-refractivity contribution >= 4 is 5.97 Å². The number of nitrogens with zero attached hydrogens (tertiary/aromatic N) is 3. The van der Waals surface area contributed by atoms with Crippen LogP contribution in [-0.4, -0.2) is 27.6 Å². The van der Waals surface area contributed by atoms with E-state index in [0.29, 0.717) is 19.1 Å². The van der Waals surface area contributed by atoms with Gasteiger partial charge in [0.2, 0.25) is 0 Å². The van der Waals surface area contributed by atoms with Crippen molar-refractivity contribution in [2.45, 2.75) is 25.8 Å². The van der Waals surface area contributed by atoms with E-state index in [-0.39, 0.29) is 5.69 Å². The van der Waals surface area contributed by atoms with Crippen molar-refractivity contribution in [3.8, 4) is 0 Å². The largest absolute Gasteiger partial charge is 0.461 e. The van der Waals surface area contributed by atoms with Gasteiger partial charge in [0, 0.05) is 0 Å². The van der Waals surface area contributed by atoms with Gasteiger partial charge in [0.15, 0.2) is 5.69 Å². The van der Waals surface area contributed by atoms with Gasteiger partial charge in [-0.15, -0.1) is 5.10 Å². The highest BCUT2D eigenvalue weighted by Gasteiger charge is 2.16. The second-order valence-electron chi connectivity index (χ2n) is 5.54. The van der Waals surface area contributed by atoms with E-state index in [1.165, 1.54) is 0 Å². The fraction of sp³-hybridized carbons (Fsp3) is 0.353. The van der Waals surface area contributed by atoms with Crippen molar-refractivity contribution in [1.82, 2.24) is 15.0 Å². The molecule has 22 heavy (non-hydrogen) atoms. The molecule has 0 aliphatic heterocycles. The van der Waals surface area contributed by atoms with Gasteiger partial charge in [-0.1, -0.05) is 47.7 Å². The summed E-state index contributed by atoms with van der Waals surface area (Å²) < 4.78 is 6.99. The summed E-state index contributed by atoms with van der Waals surface area (Å²) in [5.41, 5.74) is 1.38. The second kappa shape index (κ2) is 7.02. The van der Waals surface area contributed by atoms with Gasteiger partial charge in [-0.3, -0.25) is 0 Å². The Morgan fingerprint density at radius 2 is 2.14 bits per heavy atom. The highest BCUT2D eigenvalue weighted by atomic mass is 16.5. The van der Waals surface area contributed by atoms with Gasteiger partial charge in [-0.2, -0.15) is 0 Å². The molecule has 0 saturated heterocycles. The summed E-state index contributed by atoms with van der Waals surface area (Å²) >= 11 is 0. The van der Waals surface area contributed by atoms with Crippen LogP contribution in [0.2, 0.25) is 0 Å². The monoisotopic (exact) mass is 297 g/mol. The fourth-order valence-corrected chi connectivity index (χ4v) is 2.51. The van der Waals surface area contributed by atoms with E-state index in [9.17, 15) is 4.79 Å². The number of carbonyl (C=O) groups is 1. The zero-order chi connectivity index (χ0) is 15.2. The maximum Gasteiger partial charge on any atom is 0.360 e. The van der Waals surface area contributed by atoms with Crippen molar-refractivity contribution in [3.63, 3.8) is 0 Å². The predicted molar refractivity (Wildman–Crippen MR) is 82.3 cm³/mol. The summed E-state index contributed by atoms with van der Waals surface area (Å²) in [4.78, 5) is 12.0. The lowest BCUT2D eigenvalue weighted by atomic mass is 9.95. The highest BCUT2D eigenvalue weighted by Crippen LogP contribution is 2.18. The molecule has 5 heteroatoms. The van der Waals surface area contributed by atoms with Crippen LogP contribution in [0.4, 0.5) is 0 Å². The van der Waals surface area contributed by atoms with Gasteiger partial charge in [0.25, 0.3) is 0 Å². The normalized spacial score (nSPS) is 17.4. The van der Waals surface area contributed by atoms with Gasteiger partial charge < -0.3 is 4.74 Å². The Labute approximate surface area is 129 Å². The lowest BCUT2D eigenvalue weighted by Crippen LogP contribution is -2.15. The van der Waals surface area contributed by atoms with Gasteiger partial charge in [-0.05, 0) is 30.7 Å². The molecule has 0 spiro atoms. The minimum Gasteiger partial charge on any atom is -0.461 e. The first-order chi connectivity index (χ1) is 10.8. The molecule has 1 atom stereocenters. The quantitative estimate of drug-likeness (QED) is 0.629. The van der Waals surface area contributed by atoms with E-state index in [1.807, 2.05) is 30.3 Å². The van der Waals surface area contributed by atoms with Crippen LogP contribution in [-0.2, 0) is 11.3 Å². The highest BCUT2D eigenvalue weighted by molar-refractivity contribution is 5.86. The lowest BCUT2D eigenvalue weighted by molar-refractivity contribution is 0.0425. The minimum atomic E-state index is -0.395. The van der Waals surface area contributed by atoms with E-state index < -0.39 is 5.97 Å². The summed E-state index contributed by atoms with van der Waals surface area (Å²) in [6.45, 7) is 1.04. The van der Waals surface area contributed by atoms with Crippen molar-refractivity contribution < 1.29 is 9.53 Å². The molecule has 0 bridgehead atoms. The average molecular weight is 297 g/mol. The third kappa shape index (κ3) is 3.81. The molecule has 1 aliphatic carbocycles. The van der Waals surface area contributed by atoms with Crippen LogP contribution in [0.25, 0.3) is 0 Å². The summed E-state index contributed by atoms with van der Waals surface area (Å²) in [5, 5.41) is 7.88. The predicted octanol–water partition coefficient (Wildman–Crippen LogP) is 2.84. The standard InChI is InChI=1S/C17H19N3O2/c21-17(22-13-15-9-5-2-6-10-15)16-12-20(19-18-16)11-14-7-3-1-4-8-14/h1-5,7-8,12,15H,6,9-11,13H2. The van der Waals surface area contributed by atoms with Crippen LogP contribution in [0.3, 0.4) is 0 Å². The molecule has 0 fully saturated rings. The second-order valence-corrected chi connectivity index (χ2v) is 5.54. The van der Waals surface area contributed by atoms with Gasteiger partial charge in [0.1, 0.15) is 0 Å². The number of carbonyl (C=O) groups excluding carboxylic acids is 1. The van der Waals surface area contributed by atoms with Crippen molar-refractivity contribution in [2.24, 2.45) is 5.92 Å². The molecule has 1 unspecified atom stereocenters. The Morgan fingerprint density at radius 1 is 1.27 bits per heavy atom. The Balaban J connectivity index is 1.54. The molecular formula is C17H19N3O2. The van der Waals surface area contributed by atoms with Crippen molar-refractivity contribution in [3.05, 3.63) is 59.9 Å². The maximum atomic E-state index is 12.0. The maximum absolute atomic E-state index is 12.0. The number of ether oxygens (including phenoxy) is 1. The van der Waals surface area contributed by atoms with Crippen molar-refractivity contribution in [2.75, 3.05) is 6.61 Å². The fourth-order valence-electron chi connectivity index (χ4n) is 2.51. The average Bonchev–Trinajstić information content (AvgIpc) is 3.03. The zero-order valence-corrected chi connectivity index (χ0v) is 12.4. The Bertz CT molecular complexity index is 649. The third-order valence-electron chi connectivity index (χ3n) is 3.76. The van der Waals surface area contributed by atoms with Crippen LogP contribution in [0, 0.1) is 5.92 Å². The molecule has 5 nitrogen and oxygen atoms in total. The van der Waals surface area contributed by atoms with E-state index in [0.717, 1.165) is 24.8 Å². The summed E-state index contributed by atoms with van der Waals surface area (Å²) in [5.74, 6) is 0.0298. The third-order valence-corrected chi connectivity index (χ3v) is 3.76. The Kier molecular flexibility index (Phi) is 4.63. The zero-order valence-electron chi connectivity index (χ0n) is 12.4. The molecule has 1 aromatic carbocycles. The SMILES string of the molecule is O=C(OCC1CC=CCC1)c1cn(Cc2ccccc2)nn1. The smallest absolute Gasteiger partial charge is 0.360 e. The van der Waals surface area contributed by atoms with Crippen LogP contribution >= 0.6 is 0 Å². The van der Waals surface area contributed by atoms with Gasteiger partial charge in [-0.25, -0.2) is 9.48 Å². The topological polar surface area (TPSA) is 57.0 Å². The van der Waals surface area contributed by atoms with E-state index >= 15 is 0 Å². The number of hydrogen-bond donors (Lipinski definition) is 0. The minimum absolute atomic E-state index is 0.266. The van der Waals surface area contributed by atoms with Crippen molar-refractivity contribution in [1.29, 1.82) is 0 Å². The Hall–Kier alpha value is -2.43. The molecule has 1 aromatic heterocycles. The van der Waals surface area contributed by atoms with Crippen LogP contribution in [0.5, 0.6) is 0 Å². The number of benzene rings is 1. The van der Waals surface area contributed by atoms with Crippen LogP contribution in [0.1, 0.15) is 35.3 Å². The molecule has 1 heterocycles. The Morgan fingerprint density at radius 3 is 2.91 bits per heavy atom. The first-order valence-corrected chi connectivity index (χ1v) is 7.57. The summed E-state index contributed by atoms with van der Waals surface area (Å²) in [7, 11) is 0. The van der Waals surface area contributed by atoms with E-state index in [1.54, 1.807) is 10.9 Å². The first kappa shape index (κ1) is 14.5. The lowest BCUT2D eigenvalue weighted by Gasteiger charge is -2.16. The van der Waals surface area contributed by atoms with Crippen LogP contribution < -0.4 is 0 Å². The number of esters is 1. The van der Waals surface area contributed by atoms with Crippen LogP contribution in [0.15, 0.2) is 48.7 Å². The molecule has 0 N–H and O–H groups in total. The summed E-state index contributed by atoms with van der Waals surface area (Å²) in [6, 6.07) is 9.93. The molecule has 3 rings (SSSR count).